The zero-order valence-electron chi connectivity index (χ0n) is 14.9. The molecule has 0 aliphatic heterocycles. The van der Waals surface area contributed by atoms with Crippen molar-refractivity contribution in [3.8, 4) is 11.1 Å². The van der Waals surface area contributed by atoms with Crippen LogP contribution < -0.4 is 0 Å². The van der Waals surface area contributed by atoms with Crippen molar-refractivity contribution < 1.29 is 4.79 Å². The van der Waals surface area contributed by atoms with Crippen LogP contribution in [0.25, 0.3) is 32.9 Å². The number of halogens is 1. The van der Waals surface area contributed by atoms with Crippen molar-refractivity contribution in [1.82, 2.24) is 4.98 Å². The molecule has 5 rings (SSSR count). The van der Waals surface area contributed by atoms with Crippen LogP contribution in [0.3, 0.4) is 0 Å². The SMILES string of the molecule is O=C(c1ccc(I)cc1)c1ccc(-c2cccc3c2[nH]c2ccccc23)cc1. The normalized spacial score (nSPS) is 11.2. The predicted molar refractivity (Wildman–Crippen MR) is 124 cm³/mol. The van der Waals surface area contributed by atoms with Crippen molar-refractivity contribution >= 4 is 50.2 Å². The van der Waals surface area contributed by atoms with Gasteiger partial charge in [-0.3, -0.25) is 4.79 Å². The second-order valence-corrected chi connectivity index (χ2v) is 8.06. The molecule has 0 atom stereocenters. The minimum atomic E-state index is 0.0479. The lowest BCUT2D eigenvalue weighted by Gasteiger charge is -2.06. The quantitative estimate of drug-likeness (QED) is 0.226. The van der Waals surface area contributed by atoms with Gasteiger partial charge in [-0.2, -0.15) is 0 Å². The Morgan fingerprint density at radius 3 is 2.07 bits per heavy atom. The second-order valence-electron chi connectivity index (χ2n) is 6.81. The number of nitrogens with one attached hydrogen (secondary N) is 1. The molecule has 5 aromatic rings. The van der Waals surface area contributed by atoms with Crippen molar-refractivity contribution in [2.75, 3.05) is 0 Å². The fourth-order valence-electron chi connectivity index (χ4n) is 3.68. The van der Waals surface area contributed by atoms with Gasteiger partial charge in [-0.25, -0.2) is 0 Å². The molecule has 134 valence electrons. The van der Waals surface area contributed by atoms with Crippen LogP contribution in [0.5, 0.6) is 0 Å². The number of para-hydroxylation sites is 2. The van der Waals surface area contributed by atoms with Gasteiger partial charge in [0.2, 0.25) is 0 Å². The van der Waals surface area contributed by atoms with E-state index in [9.17, 15) is 4.79 Å². The van der Waals surface area contributed by atoms with Gasteiger partial charge in [-0.15, -0.1) is 0 Å². The first-order valence-electron chi connectivity index (χ1n) is 9.11. The molecule has 0 bridgehead atoms. The summed E-state index contributed by atoms with van der Waals surface area (Å²) in [5.74, 6) is 0.0479. The molecule has 0 saturated carbocycles. The smallest absolute Gasteiger partial charge is 0.193 e. The lowest BCUT2D eigenvalue weighted by molar-refractivity contribution is 0.103. The van der Waals surface area contributed by atoms with Crippen LogP contribution in [-0.4, -0.2) is 10.8 Å². The number of hydrogen-bond acceptors (Lipinski definition) is 1. The monoisotopic (exact) mass is 473 g/mol. The predicted octanol–water partition coefficient (Wildman–Crippen LogP) is 6.82. The summed E-state index contributed by atoms with van der Waals surface area (Å²) in [6.45, 7) is 0. The van der Waals surface area contributed by atoms with Crippen molar-refractivity contribution in [1.29, 1.82) is 0 Å². The van der Waals surface area contributed by atoms with Crippen LogP contribution in [0.2, 0.25) is 0 Å². The molecular weight excluding hydrogens is 457 g/mol. The third-order valence-corrected chi connectivity index (χ3v) is 5.83. The van der Waals surface area contributed by atoms with E-state index in [2.05, 4.69) is 64.0 Å². The van der Waals surface area contributed by atoms with E-state index in [1.54, 1.807) is 0 Å². The maximum absolute atomic E-state index is 12.7. The average molecular weight is 473 g/mol. The number of hydrogen-bond donors (Lipinski definition) is 1. The molecule has 0 saturated heterocycles. The van der Waals surface area contributed by atoms with Crippen molar-refractivity contribution in [3.05, 3.63) is 106 Å². The van der Waals surface area contributed by atoms with Gasteiger partial charge in [0.05, 0.1) is 5.52 Å². The Kier molecular flexibility index (Phi) is 4.24. The molecule has 0 fully saturated rings. The van der Waals surface area contributed by atoms with Gasteiger partial charge in [0, 0.05) is 36.5 Å². The van der Waals surface area contributed by atoms with E-state index in [1.807, 2.05) is 54.6 Å². The first-order chi connectivity index (χ1) is 13.7. The number of aromatic amines is 1. The minimum Gasteiger partial charge on any atom is -0.354 e. The summed E-state index contributed by atoms with van der Waals surface area (Å²) in [6.07, 6.45) is 0. The number of rotatable bonds is 3. The molecule has 2 nitrogen and oxygen atoms in total. The van der Waals surface area contributed by atoms with E-state index in [0.29, 0.717) is 11.1 Å². The Morgan fingerprint density at radius 2 is 1.32 bits per heavy atom. The first kappa shape index (κ1) is 17.2. The molecule has 0 aliphatic carbocycles. The van der Waals surface area contributed by atoms with Gasteiger partial charge >= 0.3 is 0 Å². The third kappa shape index (κ3) is 2.92. The molecule has 28 heavy (non-hydrogen) atoms. The lowest BCUT2D eigenvalue weighted by atomic mass is 9.98. The van der Waals surface area contributed by atoms with Crippen LogP contribution in [0, 0.1) is 3.57 Å². The summed E-state index contributed by atoms with van der Waals surface area (Å²) in [6, 6.07) is 30.2. The molecule has 0 radical (unpaired) electrons. The van der Waals surface area contributed by atoms with Crippen LogP contribution in [0.1, 0.15) is 15.9 Å². The topological polar surface area (TPSA) is 32.9 Å². The van der Waals surface area contributed by atoms with Crippen molar-refractivity contribution in [2.24, 2.45) is 0 Å². The standard InChI is InChI=1S/C25H16INO/c26-19-14-12-18(13-15-19)25(28)17-10-8-16(9-11-17)20-5-3-6-22-21-4-1-2-7-23(21)27-24(20)22/h1-15,27H. The third-order valence-electron chi connectivity index (χ3n) is 5.11. The molecule has 0 aliphatic rings. The summed E-state index contributed by atoms with van der Waals surface area (Å²) in [5.41, 5.74) is 5.91. The number of aromatic nitrogens is 1. The molecule has 3 heteroatoms. The fourth-order valence-corrected chi connectivity index (χ4v) is 4.04. The maximum Gasteiger partial charge on any atom is 0.193 e. The number of ketones is 1. The number of benzene rings is 4. The number of fused-ring (bicyclic) bond motifs is 3. The number of H-pyrrole nitrogens is 1. The first-order valence-corrected chi connectivity index (χ1v) is 10.2. The van der Waals surface area contributed by atoms with Gasteiger partial charge in [-0.1, -0.05) is 60.7 Å². The Labute approximate surface area is 176 Å². The number of carbonyl (C=O) groups excluding carboxylic acids is 1. The van der Waals surface area contributed by atoms with E-state index >= 15 is 0 Å². The summed E-state index contributed by atoms with van der Waals surface area (Å²) in [7, 11) is 0. The summed E-state index contributed by atoms with van der Waals surface area (Å²) < 4.78 is 1.12. The second kappa shape index (κ2) is 6.91. The molecule has 0 amide bonds. The Hall–Kier alpha value is -2.92. The van der Waals surface area contributed by atoms with Gasteiger partial charge in [0.1, 0.15) is 0 Å². The highest BCUT2D eigenvalue weighted by molar-refractivity contribution is 14.1. The molecule has 4 aromatic carbocycles. The summed E-state index contributed by atoms with van der Waals surface area (Å²) in [4.78, 5) is 16.3. The molecule has 1 N–H and O–H groups in total. The summed E-state index contributed by atoms with van der Waals surface area (Å²) in [5, 5.41) is 2.44. The zero-order valence-corrected chi connectivity index (χ0v) is 17.1. The van der Waals surface area contributed by atoms with E-state index in [1.165, 1.54) is 10.8 Å². The van der Waals surface area contributed by atoms with Crippen molar-refractivity contribution in [3.63, 3.8) is 0 Å². The van der Waals surface area contributed by atoms with Crippen LogP contribution >= 0.6 is 22.6 Å². The van der Waals surface area contributed by atoms with E-state index in [-0.39, 0.29) is 5.78 Å². The highest BCUT2D eigenvalue weighted by atomic mass is 127. The highest BCUT2D eigenvalue weighted by Gasteiger charge is 2.12. The summed E-state index contributed by atoms with van der Waals surface area (Å²) >= 11 is 2.24. The Morgan fingerprint density at radius 1 is 0.679 bits per heavy atom. The molecule has 0 unspecified atom stereocenters. The van der Waals surface area contributed by atoms with Gasteiger partial charge < -0.3 is 4.98 Å². The number of carbonyl (C=O) groups is 1. The Bertz CT molecular complexity index is 1310. The fraction of sp³-hybridized carbons (Fsp3) is 0. The van der Waals surface area contributed by atoms with Crippen LogP contribution in [0.15, 0.2) is 91.0 Å². The minimum absolute atomic E-state index is 0.0479. The van der Waals surface area contributed by atoms with E-state index in [0.717, 1.165) is 25.7 Å². The molecular formula is C25H16INO. The Balaban J connectivity index is 1.56. The zero-order chi connectivity index (χ0) is 19.1. The molecule has 1 heterocycles. The van der Waals surface area contributed by atoms with E-state index < -0.39 is 0 Å². The van der Waals surface area contributed by atoms with Crippen LogP contribution in [0.4, 0.5) is 0 Å². The molecule has 0 spiro atoms. The largest absolute Gasteiger partial charge is 0.354 e. The molecule has 1 aromatic heterocycles. The average Bonchev–Trinajstić information content (AvgIpc) is 3.13. The van der Waals surface area contributed by atoms with Crippen LogP contribution in [-0.2, 0) is 0 Å². The van der Waals surface area contributed by atoms with Crippen molar-refractivity contribution in [2.45, 2.75) is 0 Å². The lowest BCUT2D eigenvalue weighted by Crippen LogP contribution is -2.00. The highest BCUT2D eigenvalue weighted by Crippen LogP contribution is 2.33. The van der Waals surface area contributed by atoms with Gasteiger partial charge in [0.25, 0.3) is 0 Å². The van der Waals surface area contributed by atoms with Gasteiger partial charge in [0.15, 0.2) is 5.78 Å². The van der Waals surface area contributed by atoms with E-state index in [4.69, 9.17) is 0 Å². The maximum atomic E-state index is 12.7. The van der Waals surface area contributed by atoms with Gasteiger partial charge in [-0.05, 0) is 58.5 Å².